The predicted molar refractivity (Wildman–Crippen MR) is 111 cm³/mol. The summed E-state index contributed by atoms with van der Waals surface area (Å²) in [5.41, 5.74) is 0.269. The smallest absolute Gasteiger partial charge is 0.234 e. The predicted octanol–water partition coefficient (Wildman–Crippen LogP) is 1.76. The molecule has 2 bridgehead atoms. The molecular formula is C22H39N3O3. The molecule has 160 valence electrons. The van der Waals surface area contributed by atoms with Crippen LogP contribution >= 0.6 is 0 Å². The molecule has 6 nitrogen and oxygen atoms in total. The first-order chi connectivity index (χ1) is 13.3. The van der Waals surface area contributed by atoms with Crippen LogP contribution < -0.4 is 5.32 Å². The van der Waals surface area contributed by atoms with E-state index in [0.717, 1.165) is 45.6 Å². The van der Waals surface area contributed by atoms with Gasteiger partial charge in [0.2, 0.25) is 5.91 Å². The van der Waals surface area contributed by atoms with E-state index in [1.807, 2.05) is 18.0 Å². The van der Waals surface area contributed by atoms with Crippen LogP contribution in [0.15, 0.2) is 12.7 Å². The van der Waals surface area contributed by atoms with Crippen LogP contribution in [0.3, 0.4) is 0 Å². The number of likely N-dealkylation sites (N-methyl/N-ethyl adjacent to an activating group) is 1. The first kappa shape index (κ1) is 21.8. The van der Waals surface area contributed by atoms with E-state index in [0.29, 0.717) is 31.1 Å². The molecule has 0 aliphatic carbocycles. The third kappa shape index (κ3) is 4.78. The van der Waals surface area contributed by atoms with Crippen LogP contribution in [-0.4, -0.2) is 87.4 Å². The van der Waals surface area contributed by atoms with Crippen molar-refractivity contribution in [3.05, 3.63) is 12.7 Å². The summed E-state index contributed by atoms with van der Waals surface area (Å²) in [6.45, 7) is 14.3. The Morgan fingerprint density at radius 2 is 2.29 bits per heavy atom. The number of allylic oxidation sites excluding steroid dienone is 1. The van der Waals surface area contributed by atoms with E-state index >= 15 is 0 Å². The van der Waals surface area contributed by atoms with Crippen LogP contribution in [0.2, 0.25) is 0 Å². The average molecular weight is 394 g/mol. The number of carbonyl (C=O) groups is 1. The molecule has 0 aromatic heterocycles. The quantitative estimate of drug-likeness (QED) is 0.542. The molecular weight excluding hydrogens is 354 g/mol. The maximum absolute atomic E-state index is 12.3. The molecule has 3 saturated heterocycles. The standard InChI is InChI=1S/C22H39N3O3/c1-6-8-21(2,3)15-25-13-18-17(19-7-9-22(18,16-25)28-19)12-23-20(26)14-24(4)10-11-27-5/h6,17-19H,1,7-16H2,2-5H3,(H,23,26)/t17-,18+,19+,22+/m0/s1. The van der Waals surface area contributed by atoms with Crippen LogP contribution in [-0.2, 0) is 14.3 Å². The highest BCUT2D eigenvalue weighted by Crippen LogP contribution is 2.54. The first-order valence-electron chi connectivity index (χ1n) is 10.7. The second kappa shape index (κ2) is 8.82. The van der Waals surface area contributed by atoms with Gasteiger partial charge in [-0.1, -0.05) is 19.9 Å². The Morgan fingerprint density at radius 3 is 3.00 bits per heavy atom. The number of nitrogens with zero attached hydrogens (tertiary/aromatic N) is 2. The van der Waals surface area contributed by atoms with Crippen molar-refractivity contribution in [3.63, 3.8) is 0 Å². The fraction of sp³-hybridized carbons (Fsp3) is 0.864. The summed E-state index contributed by atoms with van der Waals surface area (Å²) in [4.78, 5) is 16.9. The molecule has 1 N–H and O–H groups in total. The zero-order chi connectivity index (χ0) is 20.4. The molecule has 0 saturated carbocycles. The van der Waals surface area contributed by atoms with E-state index in [9.17, 15) is 4.79 Å². The Hall–Kier alpha value is -0.950. The van der Waals surface area contributed by atoms with E-state index in [1.54, 1.807) is 7.11 Å². The molecule has 28 heavy (non-hydrogen) atoms. The number of hydrogen-bond donors (Lipinski definition) is 1. The monoisotopic (exact) mass is 393 g/mol. The minimum atomic E-state index is 0.0274. The van der Waals surface area contributed by atoms with Gasteiger partial charge in [0.05, 0.1) is 24.9 Å². The number of hydrogen-bond acceptors (Lipinski definition) is 5. The number of nitrogens with one attached hydrogen (secondary N) is 1. The lowest BCUT2D eigenvalue weighted by Crippen LogP contribution is -2.44. The van der Waals surface area contributed by atoms with Gasteiger partial charge in [0.25, 0.3) is 0 Å². The molecule has 1 spiro atoms. The normalized spacial score (nSPS) is 32.1. The molecule has 3 fully saturated rings. The molecule has 3 aliphatic heterocycles. The minimum absolute atomic E-state index is 0.0274. The molecule has 0 radical (unpaired) electrons. The van der Waals surface area contributed by atoms with Gasteiger partial charge in [-0.2, -0.15) is 0 Å². The number of fused-ring (bicyclic) bond motifs is 1. The maximum Gasteiger partial charge on any atom is 0.234 e. The van der Waals surface area contributed by atoms with Gasteiger partial charge >= 0.3 is 0 Å². The Labute approximate surface area is 170 Å². The number of methoxy groups -OCH3 is 1. The van der Waals surface area contributed by atoms with Gasteiger partial charge < -0.3 is 14.8 Å². The van der Waals surface area contributed by atoms with Gasteiger partial charge in [-0.25, -0.2) is 0 Å². The lowest BCUT2D eigenvalue weighted by atomic mass is 9.73. The lowest BCUT2D eigenvalue weighted by molar-refractivity contribution is -0.122. The largest absolute Gasteiger partial charge is 0.383 e. The van der Waals surface area contributed by atoms with Gasteiger partial charge in [-0.15, -0.1) is 6.58 Å². The Kier molecular flexibility index (Phi) is 6.85. The summed E-state index contributed by atoms with van der Waals surface area (Å²) < 4.78 is 11.6. The Morgan fingerprint density at radius 1 is 1.50 bits per heavy atom. The molecule has 4 atom stereocenters. The van der Waals surface area contributed by atoms with Gasteiger partial charge in [0, 0.05) is 51.7 Å². The number of carbonyl (C=O) groups excluding carboxylic acids is 1. The topological polar surface area (TPSA) is 54.0 Å². The summed E-state index contributed by atoms with van der Waals surface area (Å²) >= 11 is 0. The van der Waals surface area contributed by atoms with Crippen molar-refractivity contribution in [1.82, 2.24) is 15.1 Å². The van der Waals surface area contributed by atoms with Gasteiger partial charge in [-0.3, -0.25) is 14.6 Å². The number of rotatable bonds is 11. The van der Waals surface area contributed by atoms with Crippen molar-refractivity contribution in [2.75, 3.05) is 60.0 Å². The van der Waals surface area contributed by atoms with Crippen molar-refractivity contribution in [2.45, 2.75) is 44.8 Å². The third-order valence-corrected chi connectivity index (χ3v) is 6.83. The van der Waals surface area contributed by atoms with Crippen LogP contribution in [0.5, 0.6) is 0 Å². The maximum atomic E-state index is 12.3. The minimum Gasteiger partial charge on any atom is -0.383 e. The molecule has 6 heteroatoms. The van der Waals surface area contributed by atoms with Crippen LogP contribution in [0.1, 0.15) is 33.1 Å². The van der Waals surface area contributed by atoms with Crippen molar-refractivity contribution >= 4 is 5.91 Å². The second-order valence-electron chi connectivity index (χ2n) is 9.89. The summed E-state index contributed by atoms with van der Waals surface area (Å²) in [5, 5.41) is 3.18. The summed E-state index contributed by atoms with van der Waals surface area (Å²) in [7, 11) is 3.64. The molecule has 3 rings (SSSR count). The van der Waals surface area contributed by atoms with E-state index in [4.69, 9.17) is 9.47 Å². The van der Waals surface area contributed by atoms with E-state index in [1.165, 1.54) is 6.42 Å². The number of ether oxygens (including phenoxy) is 2. The van der Waals surface area contributed by atoms with Crippen molar-refractivity contribution in [1.29, 1.82) is 0 Å². The van der Waals surface area contributed by atoms with Gasteiger partial charge in [-0.05, 0) is 31.7 Å². The molecule has 0 aromatic carbocycles. The van der Waals surface area contributed by atoms with Crippen molar-refractivity contribution in [2.24, 2.45) is 17.3 Å². The third-order valence-electron chi connectivity index (χ3n) is 6.83. The fourth-order valence-electron chi connectivity index (χ4n) is 5.60. The zero-order valence-electron chi connectivity index (χ0n) is 18.2. The zero-order valence-corrected chi connectivity index (χ0v) is 18.2. The van der Waals surface area contributed by atoms with E-state index in [-0.39, 0.29) is 16.9 Å². The van der Waals surface area contributed by atoms with Crippen LogP contribution in [0, 0.1) is 17.3 Å². The lowest BCUT2D eigenvalue weighted by Gasteiger charge is -2.30. The average Bonchev–Trinajstić information content (AvgIpc) is 3.25. The molecule has 3 aliphatic rings. The molecule has 3 heterocycles. The SMILES string of the molecule is C=CCC(C)(C)CN1C[C@@H]2[C@H](CNC(=O)CN(C)CCOC)[C@H]3CC[C@]2(C1)O3. The molecule has 0 unspecified atom stereocenters. The molecule has 0 aromatic rings. The highest BCUT2D eigenvalue weighted by molar-refractivity contribution is 5.78. The van der Waals surface area contributed by atoms with Crippen LogP contribution in [0.25, 0.3) is 0 Å². The highest BCUT2D eigenvalue weighted by Gasteiger charge is 2.62. The highest BCUT2D eigenvalue weighted by atomic mass is 16.5. The van der Waals surface area contributed by atoms with E-state index in [2.05, 4.69) is 30.6 Å². The summed E-state index contributed by atoms with van der Waals surface area (Å²) in [6, 6.07) is 0. The van der Waals surface area contributed by atoms with Crippen molar-refractivity contribution < 1.29 is 14.3 Å². The number of likely N-dealkylation sites (tertiary alicyclic amines) is 1. The summed E-state index contributed by atoms with van der Waals surface area (Å²) in [5.74, 6) is 1.07. The van der Waals surface area contributed by atoms with Crippen LogP contribution in [0.4, 0.5) is 0 Å². The molecule has 1 amide bonds. The van der Waals surface area contributed by atoms with E-state index < -0.39 is 0 Å². The first-order valence-corrected chi connectivity index (χ1v) is 10.7. The van der Waals surface area contributed by atoms with Gasteiger partial charge in [0.1, 0.15) is 0 Å². The fourth-order valence-corrected chi connectivity index (χ4v) is 5.60. The van der Waals surface area contributed by atoms with Gasteiger partial charge in [0.15, 0.2) is 0 Å². The Balaban J connectivity index is 1.52. The summed E-state index contributed by atoms with van der Waals surface area (Å²) in [6.07, 6.45) is 5.68. The number of amides is 1. The van der Waals surface area contributed by atoms with Crippen molar-refractivity contribution in [3.8, 4) is 0 Å². The Bertz CT molecular complexity index is 567. The second-order valence-corrected chi connectivity index (χ2v) is 9.89.